The third kappa shape index (κ3) is 8.18. The zero-order chi connectivity index (χ0) is 37.9. The average Bonchev–Trinajstić information content (AvgIpc) is 3.77. The van der Waals surface area contributed by atoms with Crippen LogP contribution >= 0.6 is 0 Å². The van der Waals surface area contributed by atoms with Gasteiger partial charge in [-0.2, -0.15) is 13.2 Å². The highest BCUT2D eigenvalue weighted by molar-refractivity contribution is 5.88. The van der Waals surface area contributed by atoms with Gasteiger partial charge in [0.25, 0.3) is 5.91 Å². The molecule has 0 aromatic heterocycles. The van der Waals surface area contributed by atoms with Crippen LogP contribution in [-0.2, 0) is 30.0 Å². The predicted octanol–water partition coefficient (Wildman–Crippen LogP) is 6.18. The number of carbonyl (C=O) groups is 2. The number of amides is 1. The van der Waals surface area contributed by atoms with Crippen LogP contribution < -0.4 is 9.64 Å². The van der Waals surface area contributed by atoms with Crippen LogP contribution in [0.25, 0.3) is 0 Å². The molecule has 1 amide bonds. The molecule has 4 atom stereocenters. The molecule has 2 aromatic rings. The molecule has 3 saturated heterocycles. The maximum atomic E-state index is 15.3. The minimum atomic E-state index is -4.54. The van der Waals surface area contributed by atoms with E-state index < -0.39 is 29.2 Å². The van der Waals surface area contributed by atoms with E-state index in [-0.39, 0.29) is 49.1 Å². The second-order valence-electron chi connectivity index (χ2n) is 15.1. The number of carboxylic acids is 1. The summed E-state index contributed by atoms with van der Waals surface area (Å²) in [7, 11) is 4.82. The summed E-state index contributed by atoms with van der Waals surface area (Å²) in [4.78, 5) is 33.1. The molecule has 3 aliphatic heterocycles. The molecule has 13 heteroatoms. The highest BCUT2D eigenvalue weighted by Gasteiger charge is 2.58. The molecule has 1 aliphatic carbocycles. The molecule has 53 heavy (non-hydrogen) atoms. The standard InChI is InChI=1S/C40H54F3N3O7/c1-5-53-33-13-9-30(10-14-33)45-23-35(26-6-11-32(51-3)12-7-26)39(25-45,52-4)38(49)46-22-28(20-31(46)24-50-2)34-15-8-29(40(41,42)43)21-36(34)44-18-16-27(17-19-44)37(47)48/h6-8,11-12,15,21,27-28,30-31,33,35H,5,9-10,13-14,16-20,22-25H2,1-4H3,(H,47,48)/t28-,30-,31+,33-,35-,39-/m1/s1. The quantitative estimate of drug-likeness (QED) is 0.273. The summed E-state index contributed by atoms with van der Waals surface area (Å²) < 4.78 is 65.6. The lowest BCUT2D eigenvalue weighted by atomic mass is 9.83. The van der Waals surface area contributed by atoms with Crippen LogP contribution in [0.3, 0.4) is 0 Å². The molecule has 3 heterocycles. The van der Waals surface area contributed by atoms with Crippen LogP contribution in [0.15, 0.2) is 42.5 Å². The van der Waals surface area contributed by atoms with Gasteiger partial charge in [0, 0.05) is 77.1 Å². The van der Waals surface area contributed by atoms with Crippen LogP contribution in [0.4, 0.5) is 18.9 Å². The van der Waals surface area contributed by atoms with Crippen molar-refractivity contribution in [2.45, 2.75) is 93.7 Å². The van der Waals surface area contributed by atoms with Crippen LogP contribution in [0.5, 0.6) is 5.75 Å². The third-order valence-corrected chi connectivity index (χ3v) is 12.2. The molecule has 6 rings (SSSR count). The zero-order valence-corrected chi connectivity index (χ0v) is 31.3. The molecule has 2 aromatic carbocycles. The summed E-state index contributed by atoms with van der Waals surface area (Å²) in [5, 5.41) is 9.56. The van der Waals surface area contributed by atoms with Crippen molar-refractivity contribution in [2.75, 3.05) is 72.2 Å². The molecule has 4 aliphatic rings. The first-order valence-corrected chi connectivity index (χ1v) is 19.0. The van der Waals surface area contributed by atoms with Gasteiger partial charge in [-0.1, -0.05) is 18.2 Å². The maximum absolute atomic E-state index is 15.3. The Hall–Kier alpha value is -3.39. The van der Waals surface area contributed by atoms with Gasteiger partial charge in [0.1, 0.15) is 5.75 Å². The summed E-state index contributed by atoms with van der Waals surface area (Å²) in [5.41, 5.74) is 0.179. The Labute approximate surface area is 310 Å². The minimum absolute atomic E-state index is 0.147. The van der Waals surface area contributed by atoms with Crippen LogP contribution in [0.1, 0.15) is 80.4 Å². The molecular weight excluding hydrogens is 691 g/mol. The second-order valence-corrected chi connectivity index (χ2v) is 15.1. The van der Waals surface area contributed by atoms with E-state index in [1.165, 1.54) is 6.07 Å². The first-order chi connectivity index (χ1) is 25.4. The summed E-state index contributed by atoms with van der Waals surface area (Å²) >= 11 is 0. The number of carboxylic acid groups (broad SMARTS) is 1. The van der Waals surface area contributed by atoms with Crippen molar-refractivity contribution in [3.63, 3.8) is 0 Å². The zero-order valence-electron chi connectivity index (χ0n) is 31.3. The number of nitrogens with zero attached hydrogens (tertiary/aromatic N) is 3. The number of aliphatic carboxylic acids is 1. The Morgan fingerprint density at radius 2 is 1.64 bits per heavy atom. The number of piperidine rings is 1. The van der Waals surface area contributed by atoms with Gasteiger partial charge in [-0.15, -0.1) is 0 Å². The Bertz CT molecular complexity index is 1560. The van der Waals surface area contributed by atoms with E-state index in [9.17, 15) is 23.1 Å². The van der Waals surface area contributed by atoms with Crippen molar-refractivity contribution in [2.24, 2.45) is 5.92 Å². The van der Waals surface area contributed by atoms with Gasteiger partial charge in [-0.3, -0.25) is 14.5 Å². The lowest BCUT2D eigenvalue weighted by molar-refractivity contribution is -0.157. The fourth-order valence-electron chi connectivity index (χ4n) is 9.36. The Morgan fingerprint density at radius 1 is 0.943 bits per heavy atom. The molecule has 1 N–H and O–H groups in total. The van der Waals surface area contributed by atoms with Gasteiger partial charge in [-0.05, 0) is 87.3 Å². The third-order valence-electron chi connectivity index (χ3n) is 12.2. The van der Waals surface area contributed by atoms with Crippen molar-refractivity contribution >= 4 is 17.6 Å². The van der Waals surface area contributed by atoms with Gasteiger partial charge >= 0.3 is 12.1 Å². The number of hydrogen-bond donors (Lipinski definition) is 1. The van der Waals surface area contributed by atoms with E-state index in [4.69, 9.17) is 18.9 Å². The van der Waals surface area contributed by atoms with E-state index in [0.717, 1.165) is 42.9 Å². The number of benzene rings is 2. The van der Waals surface area contributed by atoms with E-state index in [2.05, 4.69) is 4.90 Å². The summed E-state index contributed by atoms with van der Waals surface area (Å²) in [6.45, 7) is 4.98. The number of carbonyl (C=O) groups excluding carboxylic acids is 1. The monoisotopic (exact) mass is 745 g/mol. The number of rotatable bonds is 12. The largest absolute Gasteiger partial charge is 0.497 e. The number of methoxy groups -OCH3 is 3. The Morgan fingerprint density at radius 3 is 2.23 bits per heavy atom. The molecule has 0 radical (unpaired) electrons. The van der Waals surface area contributed by atoms with Crippen LogP contribution in [-0.4, -0.2) is 118 Å². The van der Waals surface area contributed by atoms with Crippen molar-refractivity contribution in [3.8, 4) is 5.75 Å². The Kier molecular flexibility index (Phi) is 12.3. The normalized spacial score (nSPS) is 28.8. The highest BCUT2D eigenvalue weighted by Crippen LogP contribution is 2.47. The van der Waals surface area contributed by atoms with Gasteiger partial charge in [0.05, 0.1) is 37.3 Å². The number of anilines is 1. The van der Waals surface area contributed by atoms with Crippen molar-refractivity contribution in [1.29, 1.82) is 0 Å². The lowest BCUT2D eigenvalue weighted by Crippen LogP contribution is -2.57. The number of likely N-dealkylation sites (tertiary alicyclic amines) is 2. The molecule has 0 unspecified atom stereocenters. The SMILES string of the molecule is CCO[C@H]1CC[C@H](N2C[C@H](c3ccc(OC)cc3)[C@@](OC)(C(=O)N3C[C@H](c4ccc(C(F)(F)F)cc4N4CCC(C(=O)O)CC4)C[C@H]3COC)C2)CC1. The van der Waals surface area contributed by atoms with Crippen molar-refractivity contribution in [3.05, 3.63) is 59.2 Å². The van der Waals surface area contributed by atoms with Crippen LogP contribution in [0.2, 0.25) is 0 Å². The Balaban J connectivity index is 1.32. The number of hydrogen-bond acceptors (Lipinski definition) is 8. The maximum Gasteiger partial charge on any atom is 0.416 e. The molecule has 0 bridgehead atoms. The first-order valence-electron chi connectivity index (χ1n) is 19.0. The summed E-state index contributed by atoms with van der Waals surface area (Å²) in [6, 6.07) is 11.6. The summed E-state index contributed by atoms with van der Waals surface area (Å²) in [6.07, 6.45) is 0.757. The van der Waals surface area contributed by atoms with Gasteiger partial charge in [0.2, 0.25) is 0 Å². The topological polar surface area (TPSA) is 101 Å². The summed E-state index contributed by atoms with van der Waals surface area (Å²) in [5.74, 6) is -1.39. The van der Waals surface area contributed by atoms with Crippen LogP contribution in [0, 0.1) is 5.92 Å². The molecular formula is C40H54F3N3O7. The van der Waals surface area contributed by atoms with Crippen molar-refractivity contribution < 1.29 is 46.8 Å². The van der Waals surface area contributed by atoms with E-state index >= 15 is 4.79 Å². The molecule has 1 saturated carbocycles. The second kappa shape index (κ2) is 16.5. The van der Waals surface area contributed by atoms with E-state index in [0.29, 0.717) is 63.5 Å². The lowest BCUT2D eigenvalue weighted by Gasteiger charge is -2.39. The average molecular weight is 746 g/mol. The predicted molar refractivity (Wildman–Crippen MR) is 193 cm³/mol. The molecule has 4 fully saturated rings. The van der Waals surface area contributed by atoms with Gasteiger partial charge < -0.3 is 33.9 Å². The molecule has 10 nitrogen and oxygen atoms in total. The van der Waals surface area contributed by atoms with Gasteiger partial charge in [0.15, 0.2) is 5.60 Å². The number of alkyl halides is 3. The van der Waals surface area contributed by atoms with E-state index in [1.54, 1.807) is 27.4 Å². The molecule has 0 spiro atoms. The van der Waals surface area contributed by atoms with E-state index in [1.807, 2.05) is 41.0 Å². The highest BCUT2D eigenvalue weighted by atomic mass is 19.4. The number of ether oxygens (including phenoxy) is 4. The minimum Gasteiger partial charge on any atom is -0.497 e. The smallest absolute Gasteiger partial charge is 0.416 e. The fraction of sp³-hybridized carbons (Fsp3) is 0.650. The first kappa shape index (κ1) is 39.3. The van der Waals surface area contributed by atoms with Crippen molar-refractivity contribution in [1.82, 2.24) is 9.80 Å². The van der Waals surface area contributed by atoms with Gasteiger partial charge in [-0.25, -0.2) is 0 Å². The fourth-order valence-corrected chi connectivity index (χ4v) is 9.36. The number of halogens is 3. The molecule has 292 valence electrons.